The van der Waals surface area contributed by atoms with E-state index in [2.05, 4.69) is 0 Å². The molecule has 0 spiro atoms. The first-order chi connectivity index (χ1) is 16.9. The van der Waals surface area contributed by atoms with E-state index in [1.807, 2.05) is 13.8 Å². The monoisotopic (exact) mass is 532 g/mol. The molecule has 2 saturated heterocycles. The number of methoxy groups -OCH3 is 1. The van der Waals surface area contributed by atoms with Gasteiger partial charge in [-0.3, -0.25) is 19.4 Å². The summed E-state index contributed by atoms with van der Waals surface area (Å²) in [6.07, 6.45) is 0.578. The zero-order valence-electron chi connectivity index (χ0n) is 22.9. The van der Waals surface area contributed by atoms with Crippen LogP contribution in [0.1, 0.15) is 61.0 Å². The summed E-state index contributed by atoms with van der Waals surface area (Å²) in [4.78, 5) is 54.5. The van der Waals surface area contributed by atoms with E-state index in [1.54, 1.807) is 72.9 Å². The molecule has 2 heterocycles. The number of β-lactam (4-membered cyclic amide) rings is 1. The van der Waals surface area contributed by atoms with Crippen molar-refractivity contribution >= 4 is 35.5 Å². The van der Waals surface area contributed by atoms with Crippen LogP contribution < -0.4 is 4.74 Å². The molecule has 0 aliphatic carbocycles. The average Bonchev–Trinajstić information content (AvgIpc) is 2.98. The number of esters is 1. The summed E-state index contributed by atoms with van der Waals surface area (Å²) in [5, 5.41) is -0.567. The molecule has 3 rings (SSSR count). The van der Waals surface area contributed by atoms with Crippen molar-refractivity contribution in [1.82, 2.24) is 9.80 Å². The number of amides is 2. The summed E-state index contributed by atoms with van der Waals surface area (Å²) < 4.78 is 16.2. The number of hydrogen-bond donors (Lipinski definition) is 0. The minimum absolute atomic E-state index is 0.0229. The average molecular weight is 533 g/mol. The number of allylic oxidation sites excluding steroid dienone is 1. The first-order valence-corrected chi connectivity index (χ1v) is 13.0. The van der Waals surface area contributed by atoms with E-state index in [1.165, 1.54) is 21.6 Å². The molecular formula is C27H36N2O7S. The highest BCUT2D eigenvalue weighted by Gasteiger charge is 2.65. The topological polar surface area (TPSA) is 102 Å². The van der Waals surface area contributed by atoms with Crippen LogP contribution in [-0.2, 0) is 30.3 Å². The van der Waals surface area contributed by atoms with Gasteiger partial charge in [0.2, 0.25) is 0 Å². The number of ketones is 1. The van der Waals surface area contributed by atoms with Crippen LogP contribution in [0.2, 0.25) is 0 Å². The van der Waals surface area contributed by atoms with Gasteiger partial charge in [0.15, 0.2) is 5.78 Å². The summed E-state index contributed by atoms with van der Waals surface area (Å²) in [6, 6.07) is 6.19. The lowest BCUT2D eigenvalue weighted by Gasteiger charge is -2.45. The maximum atomic E-state index is 13.4. The van der Waals surface area contributed by atoms with Gasteiger partial charge in [0.25, 0.3) is 5.91 Å². The summed E-state index contributed by atoms with van der Waals surface area (Å²) in [6.45, 7) is 14.0. The van der Waals surface area contributed by atoms with Crippen LogP contribution in [0.25, 0.3) is 0 Å². The van der Waals surface area contributed by atoms with E-state index < -0.39 is 45.5 Å². The molecule has 9 nitrogen and oxygen atoms in total. The quantitative estimate of drug-likeness (QED) is 0.304. The fourth-order valence-corrected chi connectivity index (χ4v) is 5.68. The van der Waals surface area contributed by atoms with Crippen molar-refractivity contribution < 1.29 is 33.4 Å². The van der Waals surface area contributed by atoms with Crippen LogP contribution in [0.15, 0.2) is 36.0 Å². The van der Waals surface area contributed by atoms with Crippen LogP contribution in [0.4, 0.5) is 4.79 Å². The highest BCUT2D eigenvalue weighted by Crippen LogP contribution is 2.52. The Balaban J connectivity index is 1.90. The third-order valence-corrected chi connectivity index (χ3v) is 7.06. The normalized spacial score (nSPS) is 21.2. The number of rotatable bonds is 6. The molecule has 2 fully saturated rings. The van der Waals surface area contributed by atoms with E-state index >= 15 is 0 Å². The number of ether oxygens (including phenoxy) is 3. The van der Waals surface area contributed by atoms with Gasteiger partial charge < -0.3 is 14.2 Å². The number of carbonyl (C=O) groups is 4. The van der Waals surface area contributed by atoms with E-state index in [0.717, 1.165) is 11.6 Å². The minimum Gasteiger partial charge on any atom is -0.497 e. The highest BCUT2D eigenvalue weighted by atomic mass is 32.2. The Morgan fingerprint density at radius 2 is 1.57 bits per heavy atom. The highest BCUT2D eigenvalue weighted by molar-refractivity contribution is 8.01. The van der Waals surface area contributed by atoms with Crippen molar-refractivity contribution in [2.24, 2.45) is 0 Å². The molecule has 202 valence electrons. The standard InChI is InChI=1S/C27H36N2O7S/c1-25(2,3)35-23(32)19(15-17(30)14-16-10-12-18(34-9)13-11-16)28-21(31)20-22(28)37-27(7,8)29(20)24(33)36-26(4,5)6/h10-13,15,20,22H,14H2,1-9H3. The van der Waals surface area contributed by atoms with E-state index in [4.69, 9.17) is 14.2 Å². The van der Waals surface area contributed by atoms with Crippen LogP contribution in [-0.4, -0.2) is 68.2 Å². The van der Waals surface area contributed by atoms with Gasteiger partial charge in [-0.25, -0.2) is 9.59 Å². The molecule has 0 bridgehead atoms. The maximum Gasteiger partial charge on any atom is 0.412 e. The molecule has 2 unspecified atom stereocenters. The van der Waals surface area contributed by atoms with Crippen molar-refractivity contribution in [1.29, 1.82) is 0 Å². The second-order valence-corrected chi connectivity index (χ2v) is 13.2. The van der Waals surface area contributed by atoms with Gasteiger partial charge in [0, 0.05) is 12.5 Å². The molecule has 0 aromatic heterocycles. The molecule has 1 aromatic carbocycles. The number of nitrogens with zero attached hydrogens (tertiary/aromatic N) is 2. The molecule has 2 aliphatic rings. The van der Waals surface area contributed by atoms with E-state index in [-0.39, 0.29) is 17.9 Å². The number of fused-ring (bicyclic) bond motifs is 1. The zero-order valence-corrected chi connectivity index (χ0v) is 23.7. The molecule has 2 atom stereocenters. The van der Waals surface area contributed by atoms with E-state index in [0.29, 0.717) is 5.75 Å². The summed E-state index contributed by atoms with van der Waals surface area (Å²) in [5.74, 6) is -0.956. The lowest BCUT2D eigenvalue weighted by atomic mass is 10.0. The van der Waals surface area contributed by atoms with Gasteiger partial charge in [0.1, 0.15) is 34.1 Å². The third-order valence-electron chi connectivity index (χ3n) is 5.58. The van der Waals surface area contributed by atoms with Crippen molar-refractivity contribution in [3.05, 3.63) is 41.6 Å². The maximum absolute atomic E-state index is 13.4. The Hall–Kier alpha value is -3.01. The van der Waals surface area contributed by atoms with Crippen LogP contribution in [0.3, 0.4) is 0 Å². The van der Waals surface area contributed by atoms with Crippen molar-refractivity contribution in [2.45, 2.75) is 89.3 Å². The fraction of sp³-hybridized carbons (Fsp3) is 0.556. The fourth-order valence-electron chi connectivity index (χ4n) is 4.10. The number of hydrogen-bond acceptors (Lipinski definition) is 8. The first kappa shape index (κ1) is 28.6. The Morgan fingerprint density at radius 1 is 1.00 bits per heavy atom. The minimum atomic E-state index is -0.840. The third kappa shape index (κ3) is 6.47. The molecule has 2 aliphatic heterocycles. The van der Waals surface area contributed by atoms with Gasteiger partial charge in [-0.05, 0) is 73.1 Å². The Bertz CT molecular complexity index is 1110. The Kier molecular flexibility index (Phi) is 7.75. The summed E-state index contributed by atoms with van der Waals surface area (Å²) in [5.41, 5.74) is -0.995. The Labute approximate surface area is 222 Å². The van der Waals surface area contributed by atoms with Crippen molar-refractivity contribution in [2.75, 3.05) is 7.11 Å². The summed E-state index contributed by atoms with van der Waals surface area (Å²) >= 11 is 1.35. The SMILES string of the molecule is COc1ccc(CC(=O)C=C(C(=O)OC(C)(C)C)N2C(=O)C3C2SC(C)(C)N3C(=O)OC(C)(C)C)cc1. The molecule has 37 heavy (non-hydrogen) atoms. The van der Waals surface area contributed by atoms with E-state index in [9.17, 15) is 19.2 Å². The van der Waals surface area contributed by atoms with Gasteiger partial charge >= 0.3 is 12.1 Å². The molecule has 10 heteroatoms. The zero-order chi connectivity index (χ0) is 27.9. The van der Waals surface area contributed by atoms with Gasteiger partial charge in [-0.15, -0.1) is 11.8 Å². The van der Waals surface area contributed by atoms with Crippen LogP contribution >= 0.6 is 11.8 Å². The molecule has 0 saturated carbocycles. The molecule has 0 radical (unpaired) electrons. The number of thioether (sulfide) groups is 1. The second kappa shape index (κ2) is 10.0. The molecule has 1 aromatic rings. The lowest BCUT2D eigenvalue weighted by molar-refractivity contribution is -0.160. The predicted molar refractivity (Wildman–Crippen MR) is 140 cm³/mol. The largest absolute Gasteiger partial charge is 0.497 e. The molecule has 2 amide bonds. The number of carbonyl (C=O) groups excluding carboxylic acids is 4. The van der Waals surface area contributed by atoms with Gasteiger partial charge in [-0.2, -0.15) is 0 Å². The predicted octanol–water partition coefficient (Wildman–Crippen LogP) is 4.29. The smallest absolute Gasteiger partial charge is 0.412 e. The second-order valence-electron chi connectivity index (χ2n) is 11.5. The van der Waals surface area contributed by atoms with Crippen molar-refractivity contribution in [3.63, 3.8) is 0 Å². The van der Waals surface area contributed by atoms with Gasteiger partial charge in [-0.1, -0.05) is 12.1 Å². The molecular weight excluding hydrogens is 496 g/mol. The molecule has 0 N–H and O–H groups in total. The Morgan fingerprint density at radius 3 is 2.08 bits per heavy atom. The number of likely N-dealkylation sites (tertiary alicyclic amines) is 1. The number of benzene rings is 1. The van der Waals surface area contributed by atoms with Crippen LogP contribution in [0.5, 0.6) is 5.75 Å². The first-order valence-electron chi connectivity index (χ1n) is 12.1. The van der Waals surface area contributed by atoms with Crippen molar-refractivity contribution in [3.8, 4) is 5.75 Å². The van der Waals surface area contributed by atoms with Crippen LogP contribution in [0, 0.1) is 0 Å². The van der Waals surface area contributed by atoms with Gasteiger partial charge in [0.05, 0.1) is 12.0 Å². The lowest BCUT2D eigenvalue weighted by Crippen LogP contribution is -2.67. The summed E-state index contributed by atoms with van der Waals surface area (Å²) in [7, 11) is 1.56.